The molecule has 0 heterocycles. The molecule has 116 heavy (non-hydrogen) atoms. The number of aliphatic hydroxyl groups excluding tert-OH is 2. The van der Waals surface area contributed by atoms with Gasteiger partial charge < -0.3 is 115 Å². The minimum Gasteiger partial charge on any atom is -0.480 e. The fraction of sp³-hybridized carbons (Fsp3) is 0.605. The van der Waals surface area contributed by atoms with Crippen LogP contribution in [0, 0.1) is 35.5 Å². The Kier molecular flexibility index (Phi) is 44.2. The first-order chi connectivity index (χ1) is 54.3. The second kappa shape index (κ2) is 50.9. The average Bonchev–Trinajstić information content (AvgIpc) is 0.843. The van der Waals surface area contributed by atoms with E-state index in [1.165, 1.54) is 52.0 Å². The van der Waals surface area contributed by atoms with E-state index in [4.69, 9.17) is 9.47 Å². The molecular weight excluding hydrogens is 1520 g/mol. The van der Waals surface area contributed by atoms with Crippen LogP contribution in [0.4, 0.5) is 0 Å². The molecule has 2 aromatic rings. The summed E-state index contributed by atoms with van der Waals surface area (Å²) in [5, 5.41) is 78.6. The number of carboxylic acid groups (broad SMARTS) is 2. The molecule has 2 rings (SSSR count). The Bertz CT molecular complexity index is 3440. The van der Waals surface area contributed by atoms with Gasteiger partial charge in [0.05, 0.1) is 51.6 Å². The van der Waals surface area contributed by atoms with Gasteiger partial charge >= 0.3 is 11.9 Å². The summed E-state index contributed by atoms with van der Waals surface area (Å²) in [4.78, 5) is 237. The maximum atomic E-state index is 13.9. The van der Waals surface area contributed by atoms with E-state index in [9.17, 15) is 107 Å². The second-order valence-corrected chi connectivity index (χ2v) is 29.9. The van der Waals surface area contributed by atoms with Crippen LogP contribution in [-0.4, -0.2) is 252 Å². The third-order valence-electron chi connectivity index (χ3n) is 17.3. The predicted molar refractivity (Wildman–Crippen MR) is 416 cm³/mol. The molecule has 0 spiro atoms. The summed E-state index contributed by atoms with van der Waals surface area (Å²) in [5.74, 6) is -19.1. The van der Waals surface area contributed by atoms with Crippen LogP contribution in [0.3, 0.4) is 0 Å². The van der Waals surface area contributed by atoms with Crippen molar-refractivity contribution < 1.29 is 116 Å². The van der Waals surface area contributed by atoms with Crippen molar-refractivity contribution in [3.8, 4) is 0 Å². The van der Waals surface area contributed by atoms with E-state index in [0.29, 0.717) is 0 Å². The Balaban J connectivity index is 1.94. The fourth-order valence-corrected chi connectivity index (χ4v) is 10.9. The maximum absolute atomic E-state index is 13.9. The van der Waals surface area contributed by atoms with E-state index in [-0.39, 0.29) is 49.0 Å². The Morgan fingerprint density at radius 3 is 0.845 bits per heavy atom. The fourth-order valence-electron chi connectivity index (χ4n) is 10.9. The lowest BCUT2D eigenvalue weighted by molar-refractivity contribution is -0.144. The van der Waals surface area contributed by atoms with Crippen LogP contribution >= 0.6 is 0 Å². The molecule has 0 saturated heterocycles. The quantitative estimate of drug-likeness (QED) is 0.0279. The largest absolute Gasteiger partial charge is 0.480 e. The highest BCUT2D eigenvalue weighted by atomic mass is 16.5. The zero-order chi connectivity index (χ0) is 88.0. The summed E-state index contributed by atoms with van der Waals surface area (Å²) < 4.78 is 10.6. The molecule has 2 aromatic carbocycles. The van der Waals surface area contributed by atoms with E-state index < -0.39 is 254 Å². The zero-order valence-corrected chi connectivity index (χ0v) is 68.3. The van der Waals surface area contributed by atoms with E-state index >= 15 is 0 Å². The van der Waals surface area contributed by atoms with Gasteiger partial charge in [0.25, 0.3) is 0 Å². The normalized spacial score (nSPS) is 14.9. The summed E-state index contributed by atoms with van der Waals surface area (Å²) in [5.41, 5.74) is 0.543. The molecular formula is C76H118N16O24. The number of benzene rings is 2. The van der Waals surface area contributed by atoms with Crippen molar-refractivity contribution in [1.29, 1.82) is 0 Å². The van der Waals surface area contributed by atoms with Crippen molar-refractivity contribution in [3.05, 3.63) is 71.8 Å². The minimum absolute atomic E-state index is 0.0519. The highest BCUT2D eigenvalue weighted by Crippen LogP contribution is 2.18. The first-order valence-corrected chi connectivity index (χ1v) is 38.0. The van der Waals surface area contributed by atoms with Crippen molar-refractivity contribution >= 4 is 106 Å². The maximum Gasteiger partial charge on any atom is 0.326 e. The van der Waals surface area contributed by atoms with Gasteiger partial charge in [-0.1, -0.05) is 144 Å². The molecule has 40 nitrogen and oxygen atoms in total. The van der Waals surface area contributed by atoms with Gasteiger partial charge in [0.1, 0.15) is 85.7 Å². The highest BCUT2D eigenvalue weighted by Gasteiger charge is 2.38. The third-order valence-corrected chi connectivity index (χ3v) is 17.3. The summed E-state index contributed by atoms with van der Waals surface area (Å²) in [6.45, 7) is 20.3. The molecule has 40 heteroatoms. The average molecular weight is 1640 g/mol. The summed E-state index contributed by atoms with van der Waals surface area (Å²) in [7, 11) is 0. The Morgan fingerprint density at radius 2 is 0.569 bits per heavy atom. The van der Waals surface area contributed by atoms with Crippen molar-refractivity contribution in [2.75, 3.05) is 52.6 Å². The number of aliphatic carboxylic acids is 2. The van der Waals surface area contributed by atoms with Crippen molar-refractivity contribution in [3.63, 3.8) is 0 Å². The summed E-state index contributed by atoms with van der Waals surface area (Å²) in [6, 6.07) is -0.810. The molecule has 0 fully saturated rings. The standard InChI is InChI=1S/C76H118N16O24/c1-37(2)29-49(67(103)81-43(13)65(101)89-61(45(15)93)73(109)87-59(41(9)10)75(111)112)83-51(95)33-79-69(105)63(47-23-19-17-20-24-47)91-71(107)57(39(5)6)85-53(97)31-77-55(99)35-115-27-28-116-36-56(100)78-32-54(98)86-58(40(7)8)72(108)92-64(48-25-21-18-22-26-48)70(106)80-34-52(96)84-50(30-38(3)4)68(104)82-44(14)66(102)90-62(46(16)94)74(110)88-60(42(11)12)76(113)114/h17-26,37-46,49-50,57-64,93-94H,27-36H2,1-16H3,(H,77,99)(H,78,100)(H,79,105)(H,80,106)(H,81,103)(H,82,104)(H,83,95)(H,84,96)(H,85,97)(H,86,98)(H,87,109)(H,88,110)(H,89,101)(H,90,102)(H,91,107)(H,92,108)(H,111,112)(H,113,114)/t43-,44-,45+,46+,49-,50-,57-,58-,59-,60-,61-,62-,63-,64-/m0/s1. The Morgan fingerprint density at radius 1 is 0.293 bits per heavy atom. The number of ether oxygens (including phenoxy) is 2. The predicted octanol–water partition coefficient (Wildman–Crippen LogP) is -4.27. The second-order valence-electron chi connectivity index (χ2n) is 29.9. The van der Waals surface area contributed by atoms with Gasteiger partial charge in [0.2, 0.25) is 94.5 Å². The van der Waals surface area contributed by atoms with Gasteiger partial charge in [-0.15, -0.1) is 0 Å². The number of carbonyl (C=O) groups excluding carboxylic acids is 16. The summed E-state index contributed by atoms with van der Waals surface area (Å²) >= 11 is 0. The lowest BCUT2D eigenvalue weighted by Gasteiger charge is -2.27. The molecule has 0 aliphatic rings. The van der Waals surface area contributed by atoms with E-state index in [1.807, 2.05) is 0 Å². The van der Waals surface area contributed by atoms with E-state index in [0.717, 1.165) is 0 Å². The number of amides is 16. The number of hydrogen-bond donors (Lipinski definition) is 20. The SMILES string of the molecule is CC(C)C[C@H](NC(=O)CNC(=O)[C@@H](NC(=O)[C@@H](NC(=O)CNC(=O)COCCOCC(=O)NCC(=O)N[C@H](C(=O)N[C@H](C(=O)NCC(=O)N[C@@H](CC(C)C)C(=O)N[C@@H](C)C(=O)N[C@H](C(=O)N[C@H](C(=O)O)C(C)C)[C@@H](C)O)c1ccccc1)C(C)C)C(C)C)c1ccccc1)C(=O)N[C@@H](C)C(=O)N[C@H](C(=O)N[C@H](C(=O)O)C(C)C)[C@@H](C)O. The van der Waals surface area contributed by atoms with Crippen LogP contribution in [0.5, 0.6) is 0 Å². The van der Waals surface area contributed by atoms with Crippen LogP contribution in [0.1, 0.15) is 147 Å². The van der Waals surface area contributed by atoms with Gasteiger partial charge in [-0.25, -0.2) is 9.59 Å². The van der Waals surface area contributed by atoms with Gasteiger partial charge in [0.15, 0.2) is 0 Å². The molecule has 0 radical (unpaired) electrons. The molecule has 0 aliphatic heterocycles. The lowest BCUT2D eigenvalue weighted by Crippen LogP contribution is -2.60. The molecule has 0 unspecified atom stereocenters. The first kappa shape index (κ1) is 101. The number of nitrogens with one attached hydrogen (secondary N) is 16. The number of carbonyl (C=O) groups is 18. The van der Waals surface area contributed by atoms with Crippen molar-refractivity contribution in [2.45, 2.75) is 208 Å². The topological polar surface area (TPSA) is 599 Å². The van der Waals surface area contributed by atoms with Gasteiger partial charge in [-0.3, -0.25) is 76.7 Å². The van der Waals surface area contributed by atoms with E-state index in [1.54, 1.807) is 119 Å². The molecule has 16 amide bonds. The third kappa shape index (κ3) is 36.9. The monoisotopic (exact) mass is 1640 g/mol. The zero-order valence-electron chi connectivity index (χ0n) is 68.3. The smallest absolute Gasteiger partial charge is 0.326 e. The molecule has 646 valence electrons. The molecule has 0 bridgehead atoms. The highest BCUT2D eigenvalue weighted by molar-refractivity contribution is 6.00. The van der Waals surface area contributed by atoms with Gasteiger partial charge in [-0.2, -0.15) is 0 Å². The number of hydrogen-bond acceptors (Lipinski definition) is 22. The van der Waals surface area contributed by atoms with Gasteiger partial charge in [-0.05, 0) is 87.2 Å². The molecule has 14 atom stereocenters. The van der Waals surface area contributed by atoms with Crippen LogP contribution in [-0.2, 0) is 95.8 Å². The van der Waals surface area contributed by atoms with Crippen LogP contribution in [0.25, 0.3) is 0 Å². The Labute approximate surface area is 673 Å². The number of aliphatic hydroxyl groups is 2. The van der Waals surface area contributed by atoms with E-state index in [2.05, 4.69) is 85.1 Å². The van der Waals surface area contributed by atoms with Crippen LogP contribution in [0.15, 0.2) is 60.7 Å². The first-order valence-electron chi connectivity index (χ1n) is 38.0. The number of rotatable bonds is 51. The van der Waals surface area contributed by atoms with Crippen molar-refractivity contribution in [2.24, 2.45) is 35.5 Å². The van der Waals surface area contributed by atoms with Crippen LogP contribution < -0.4 is 85.1 Å². The molecule has 0 saturated carbocycles. The molecule has 0 aromatic heterocycles. The Hall–Kier alpha value is -11.3. The van der Waals surface area contributed by atoms with Crippen molar-refractivity contribution in [1.82, 2.24) is 85.1 Å². The molecule has 0 aliphatic carbocycles. The number of carboxylic acids is 2. The lowest BCUT2D eigenvalue weighted by atomic mass is 10.0. The molecule has 20 N–H and O–H groups in total. The minimum atomic E-state index is -1.61. The summed E-state index contributed by atoms with van der Waals surface area (Å²) in [6.07, 6.45) is -2.87. The van der Waals surface area contributed by atoms with Crippen LogP contribution in [0.2, 0.25) is 0 Å². The van der Waals surface area contributed by atoms with Gasteiger partial charge in [0, 0.05) is 0 Å².